The van der Waals surface area contributed by atoms with Crippen LogP contribution in [-0.2, 0) is 0 Å². The first-order valence-electron chi connectivity index (χ1n) is 7.18. The van der Waals surface area contributed by atoms with E-state index in [0.29, 0.717) is 23.7 Å². The fraction of sp³-hybridized carbons (Fsp3) is 0.333. The average molecular weight is 337 g/mol. The van der Waals surface area contributed by atoms with Crippen molar-refractivity contribution in [2.75, 3.05) is 25.0 Å². The van der Waals surface area contributed by atoms with Crippen LogP contribution in [0.15, 0.2) is 36.9 Å². The maximum atomic E-state index is 12.2. The van der Waals surface area contributed by atoms with Crippen LogP contribution in [0.3, 0.4) is 0 Å². The number of carbonyl (C=O) groups is 1. The Morgan fingerprint density at radius 3 is 2.91 bits per heavy atom. The Labute approximate surface area is 138 Å². The molecule has 0 bridgehead atoms. The van der Waals surface area contributed by atoms with Gasteiger partial charge in [0, 0.05) is 24.6 Å². The van der Waals surface area contributed by atoms with Crippen LogP contribution in [0, 0.1) is 0 Å². The molecule has 1 aromatic heterocycles. The molecule has 1 atom stereocenters. The molecule has 2 amide bonds. The molecule has 1 saturated heterocycles. The van der Waals surface area contributed by atoms with Crippen molar-refractivity contribution in [1.82, 2.24) is 14.5 Å². The van der Waals surface area contributed by atoms with Gasteiger partial charge in [0.2, 0.25) is 0 Å². The molecule has 0 saturated carbocycles. The van der Waals surface area contributed by atoms with E-state index in [1.165, 1.54) is 4.90 Å². The van der Waals surface area contributed by atoms with Crippen LogP contribution in [0.5, 0.6) is 0 Å². The largest absolute Gasteiger partial charge is 0.393 e. The maximum Gasteiger partial charge on any atom is 0.321 e. The van der Waals surface area contributed by atoms with Gasteiger partial charge in [-0.3, -0.25) is 0 Å². The van der Waals surface area contributed by atoms with Crippen molar-refractivity contribution in [3.05, 3.63) is 41.9 Å². The summed E-state index contributed by atoms with van der Waals surface area (Å²) in [6.45, 7) is 0.141. The number of nitrogens with one attached hydrogen (secondary N) is 1. The Balaban J connectivity index is 1.69. The molecule has 0 aliphatic carbocycles. The summed E-state index contributed by atoms with van der Waals surface area (Å²) in [4.78, 5) is 17.6. The summed E-state index contributed by atoms with van der Waals surface area (Å²) in [5.41, 5.74) is 0.113. The van der Waals surface area contributed by atoms with Gasteiger partial charge in [-0.05, 0) is 24.6 Å². The number of halogens is 1. The first kappa shape index (κ1) is 15.8. The monoisotopic (exact) mass is 336 g/mol. The lowest BCUT2D eigenvalue weighted by atomic mass is 10.1. The number of carbonyl (C=O) groups excluding carboxylic acids is 1. The van der Waals surface area contributed by atoms with Gasteiger partial charge in [-0.2, -0.15) is 0 Å². The van der Waals surface area contributed by atoms with E-state index in [-0.39, 0.29) is 19.2 Å². The van der Waals surface area contributed by atoms with Crippen molar-refractivity contribution >= 4 is 23.3 Å². The summed E-state index contributed by atoms with van der Waals surface area (Å²) in [7, 11) is 0. The first-order chi connectivity index (χ1) is 11.0. The van der Waals surface area contributed by atoms with Crippen molar-refractivity contribution in [2.24, 2.45) is 0 Å². The highest BCUT2D eigenvalue weighted by Gasteiger charge is 2.37. The van der Waals surface area contributed by atoms with E-state index in [4.69, 9.17) is 16.7 Å². The Bertz CT molecular complexity index is 707. The van der Waals surface area contributed by atoms with E-state index in [1.54, 1.807) is 41.5 Å². The normalized spacial score (nSPS) is 20.7. The highest BCUT2D eigenvalue weighted by molar-refractivity contribution is 6.32. The minimum Gasteiger partial charge on any atom is -0.393 e. The minimum atomic E-state index is -1.21. The molecule has 2 aromatic rings. The number of amides is 2. The Hall–Kier alpha value is -2.09. The van der Waals surface area contributed by atoms with Gasteiger partial charge < -0.3 is 25.0 Å². The van der Waals surface area contributed by atoms with E-state index in [0.717, 1.165) is 5.69 Å². The van der Waals surface area contributed by atoms with Crippen LogP contribution in [0.25, 0.3) is 5.69 Å². The van der Waals surface area contributed by atoms with Gasteiger partial charge in [-0.25, -0.2) is 9.78 Å². The second-order valence-electron chi connectivity index (χ2n) is 5.62. The Morgan fingerprint density at radius 2 is 2.30 bits per heavy atom. The predicted octanol–water partition coefficient (Wildman–Crippen LogP) is 1.49. The van der Waals surface area contributed by atoms with Gasteiger partial charge in [-0.15, -0.1) is 0 Å². The quantitative estimate of drug-likeness (QED) is 0.792. The molecule has 8 heteroatoms. The number of aliphatic hydroxyl groups excluding tert-OH is 1. The number of hydrogen-bond donors (Lipinski definition) is 3. The topological polar surface area (TPSA) is 90.6 Å². The smallest absolute Gasteiger partial charge is 0.321 e. The number of rotatable bonds is 3. The van der Waals surface area contributed by atoms with Crippen molar-refractivity contribution < 1.29 is 15.0 Å². The van der Waals surface area contributed by atoms with Crippen LogP contribution >= 0.6 is 11.6 Å². The molecule has 1 unspecified atom stereocenters. The summed E-state index contributed by atoms with van der Waals surface area (Å²) < 4.78 is 1.77. The molecular weight excluding hydrogens is 320 g/mol. The molecule has 0 radical (unpaired) electrons. The maximum absolute atomic E-state index is 12.2. The average Bonchev–Trinajstić information content (AvgIpc) is 3.18. The second-order valence-corrected chi connectivity index (χ2v) is 6.03. The highest BCUT2D eigenvalue weighted by Crippen LogP contribution is 2.25. The third kappa shape index (κ3) is 3.31. The van der Waals surface area contributed by atoms with Crippen LogP contribution in [-0.4, -0.2) is 56.0 Å². The number of anilines is 1. The SMILES string of the molecule is O=C(Nc1ccc(-n2ccnc2)c(Cl)c1)N1CCC(O)(CO)C1. The first-order valence-corrected chi connectivity index (χ1v) is 7.56. The lowest BCUT2D eigenvalue weighted by molar-refractivity contribution is -0.00246. The van der Waals surface area contributed by atoms with E-state index in [1.807, 2.05) is 0 Å². The molecule has 122 valence electrons. The number of urea groups is 1. The highest BCUT2D eigenvalue weighted by atomic mass is 35.5. The number of nitrogens with zero attached hydrogens (tertiary/aromatic N) is 3. The van der Waals surface area contributed by atoms with Gasteiger partial charge in [0.1, 0.15) is 5.60 Å². The molecule has 3 N–H and O–H groups in total. The summed E-state index contributed by atoms with van der Waals surface area (Å²) in [5, 5.41) is 22.3. The van der Waals surface area contributed by atoms with Gasteiger partial charge in [-0.1, -0.05) is 11.6 Å². The molecule has 0 spiro atoms. The fourth-order valence-electron chi connectivity index (χ4n) is 2.56. The van der Waals surface area contributed by atoms with E-state index in [9.17, 15) is 9.90 Å². The number of aromatic nitrogens is 2. The third-order valence-corrected chi connectivity index (χ3v) is 4.20. The van der Waals surface area contributed by atoms with Gasteiger partial charge in [0.15, 0.2) is 0 Å². The third-order valence-electron chi connectivity index (χ3n) is 3.90. The summed E-state index contributed by atoms with van der Waals surface area (Å²) in [6.07, 6.45) is 5.43. The minimum absolute atomic E-state index is 0.107. The predicted molar refractivity (Wildman–Crippen MR) is 85.8 cm³/mol. The number of likely N-dealkylation sites (tertiary alicyclic amines) is 1. The zero-order valence-corrected chi connectivity index (χ0v) is 13.1. The molecule has 1 fully saturated rings. The van der Waals surface area contributed by atoms with Gasteiger partial charge >= 0.3 is 6.03 Å². The zero-order chi connectivity index (χ0) is 16.4. The number of aliphatic hydroxyl groups is 2. The standard InChI is InChI=1S/C15H17ClN4O3/c16-12-7-11(1-2-13(12)20-6-4-17-10-20)18-14(22)19-5-3-15(23,8-19)9-21/h1-2,4,6-7,10,21,23H,3,5,8-9H2,(H,18,22). The Morgan fingerprint density at radius 1 is 1.48 bits per heavy atom. The molecule has 1 aliphatic heterocycles. The van der Waals surface area contributed by atoms with Crippen molar-refractivity contribution in [3.8, 4) is 5.69 Å². The molecule has 2 heterocycles. The zero-order valence-electron chi connectivity index (χ0n) is 12.3. The van der Waals surface area contributed by atoms with Crippen LogP contribution < -0.4 is 5.32 Å². The fourth-order valence-corrected chi connectivity index (χ4v) is 2.84. The number of benzene rings is 1. The van der Waals surface area contributed by atoms with Crippen LogP contribution in [0.1, 0.15) is 6.42 Å². The molecule has 1 aliphatic rings. The summed E-state index contributed by atoms with van der Waals surface area (Å²) in [5.74, 6) is 0. The van der Waals surface area contributed by atoms with Crippen molar-refractivity contribution in [1.29, 1.82) is 0 Å². The molecule has 7 nitrogen and oxygen atoms in total. The van der Waals surface area contributed by atoms with E-state index in [2.05, 4.69) is 10.3 Å². The number of hydrogen-bond acceptors (Lipinski definition) is 4. The second kappa shape index (κ2) is 6.19. The number of β-amino-alcohol motifs (C(OH)–C–C–N with tert-alkyl or cyclic N) is 1. The lowest BCUT2D eigenvalue weighted by Gasteiger charge is -2.21. The summed E-state index contributed by atoms with van der Waals surface area (Å²) in [6, 6.07) is 4.85. The Kier molecular flexibility index (Phi) is 4.25. The van der Waals surface area contributed by atoms with Gasteiger partial charge in [0.25, 0.3) is 0 Å². The summed E-state index contributed by atoms with van der Waals surface area (Å²) >= 11 is 6.25. The van der Waals surface area contributed by atoms with Crippen LogP contribution in [0.2, 0.25) is 5.02 Å². The molecule has 1 aromatic carbocycles. The molecule has 3 rings (SSSR count). The van der Waals surface area contributed by atoms with Crippen molar-refractivity contribution in [3.63, 3.8) is 0 Å². The van der Waals surface area contributed by atoms with Gasteiger partial charge in [0.05, 0.1) is 30.2 Å². The number of imidazole rings is 1. The molecule has 23 heavy (non-hydrogen) atoms. The van der Waals surface area contributed by atoms with E-state index < -0.39 is 5.60 Å². The molecular formula is C15H17ClN4O3. The van der Waals surface area contributed by atoms with E-state index >= 15 is 0 Å². The lowest BCUT2D eigenvalue weighted by Crippen LogP contribution is -2.40. The van der Waals surface area contributed by atoms with Crippen molar-refractivity contribution in [2.45, 2.75) is 12.0 Å². The van der Waals surface area contributed by atoms with Crippen LogP contribution in [0.4, 0.5) is 10.5 Å².